The van der Waals surface area contributed by atoms with Crippen molar-refractivity contribution in [3.8, 4) is 0 Å². The topological polar surface area (TPSA) is 60.4 Å². The second-order valence-corrected chi connectivity index (χ2v) is 6.93. The number of nitrogens with zero attached hydrogens (tertiary/aromatic N) is 4. The van der Waals surface area contributed by atoms with Crippen LogP contribution in [0.1, 0.15) is 26.7 Å². The van der Waals surface area contributed by atoms with Crippen molar-refractivity contribution in [2.75, 3.05) is 59.0 Å². The summed E-state index contributed by atoms with van der Waals surface area (Å²) in [4.78, 5) is 23.0. The van der Waals surface area contributed by atoms with Crippen LogP contribution in [-0.2, 0) is 9.53 Å². The van der Waals surface area contributed by atoms with E-state index in [2.05, 4.69) is 22.0 Å². The summed E-state index contributed by atoms with van der Waals surface area (Å²) in [6, 6.07) is 0.637. The monoisotopic (exact) mass is 337 g/mol. The first-order valence-electron chi connectivity index (χ1n) is 9.31. The summed E-state index contributed by atoms with van der Waals surface area (Å²) >= 11 is 0. The van der Waals surface area contributed by atoms with Crippen molar-refractivity contribution >= 4 is 11.9 Å². The Bertz CT molecular complexity index is 462. The Morgan fingerprint density at radius 3 is 2.67 bits per heavy atom. The van der Waals surface area contributed by atoms with Crippen molar-refractivity contribution < 1.29 is 9.53 Å². The van der Waals surface area contributed by atoms with Crippen LogP contribution in [0.2, 0.25) is 0 Å². The molecular weight excluding hydrogens is 306 g/mol. The lowest BCUT2D eigenvalue weighted by atomic mass is 10.2. The maximum Gasteiger partial charge on any atom is 0.219 e. The number of hydrogen-bond donors (Lipinski definition) is 1. The molecule has 0 aromatic carbocycles. The Hall–Kier alpha value is -1.34. The Balaban J connectivity index is 1.53. The number of guanidine groups is 1. The highest BCUT2D eigenvalue weighted by molar-refractivity contribution is 5.80. The van der Waals surface area contributed by atoms with Crippen LogP contribution in [0.3, 0.4) is 0 Å². The van der Waals surface area contributed by atoms with Gasteiger partial charge in [-0.1, -0.05) is 0 Å². The molecule has 0 aromatic heterocycles. The Labute approximate surface area is 145 Å². The molecule has 0 spiro atoms. The van der Waals surface area contributed by atoms with Gasteiger partial charge in [0.25, 0.3) is 0 Å². The van der Waals surface area contributed by atoms with Gasteiger partial charge < -0.3 is 19.9 Å². The van der Waals surface area contributed by atoms with Crippen molar-refractivity contribution in [1.29, 1.82) is 0 Å². The van der Waals surface area contributed by atoms with E-state index in [1.165, 1.54) is 19.4 Å². The van der Waals surface area contributed by atoms with E-state index >= 15 is 0 Å². The number of ether oxygens (including phenoxy) is 1. The van der Waals surface area contributed by atoms with E-state index in [-0.39, 0.29) is 12.0 Å². The fraction of sp³-hybridized carbons (Fsp3) is 0.882. The molecule has 3 saturated heterocycles. The fourth-order valence-electron chi connectivity index (χ4n) is 3.84. The van der Waals surface area contributed by atoms with Crippen LogP contribution in [0.4, 0.5) is 0 Å². The minimum atomic E-state index is 0.160. The van der Waals surface area contributed by atoms with Gasteiger partial charge in [-0.15, -0.1) is 0 Å². The van der Waals surface area contributed by atoms with E-state index in [4.69, 9.17) is 9.73 Å². The normalized spacial score (nSPS) is 28.8. The molecule has 3 heterocycles. The lowest BCUT2D eigenvalue weighted by Crippen LogP contribution is -2.53. The standard InChI is InChI=1S/C17H31N5O2/c1-3-18-17(21-9-7-20(8-10-21)14(2)23)19-11-16-12-22-6-4-5-15(22)13-24-16/h15-16H,3-13H2,1-2H3,(H,18,19). The second kappa shape index (κ2) is 8.16. The van der Waals surface area contributed by atoms with Crippen molar-refractivity contribution in [2.45, 2.75) is 38.8 Å². The maximum atomic E-state index is 11.5. The first-order chi connectivity index (χ1) is 11.7. The first kappa shape index (κ1) is 17.5. The number of aliphatic imine (C=N–C) groups is 1. The van der Waals surface area contributed by atoms with E-state index in [0.717, 1.165) is 51.8 Å². The molecule has 136 valence electrons. The molecule has 3 rings (SSSR count). The van der Waals surface area contributed by atoms with Gasteiger partial charge in [-0.3, -0.25) is 14.7 Å². The molecule has 0 radical (unpaired) electrons. The van der Waals surface area contributed by atoms with Crippen molar-refractivity contribution in [2.24, 2.45) is 4.99 Å². The van der Waals surface area contributed by atoms with E-state index in [1.54, 1.807) is 6.92 Å². The van der Waals surface area contributed by atoms with Gasteiger partial charge in [0.05, 0.1) is 19.3 Å². The summed E-state index contributed by atoms with van der Waals surface area (Å²) in [5.41, 5.74) is 0. The summed E-state index contributed by atoms with van der Waals surface area (Å²) in [5.74, 6) is 1.11. The highest BCUT2D eigenvalue weighted by Crippen LogP contribution is 2.22. The third-order valence-electron chi connectivity index (χ3n) is 5.27. The number of morpholine rings is 1. The largest absolute Gasteiger partial charge is 0.373 e. The second-order valence-electron chi connectivity index (χ2n) is 6.93. The highest BCUT2D eigenvalue weighted by Gasteiger charge is 2.32. The zero-order chi connectivity index (χ0) is 16.9. The number of carbonyl (C=O) groups is 1. The quantitative estimate of drug-likeness (QED) is 0.579. The zero-order valence-corrected chi connectivity index (χ0v) is 15.0. The van der Waals surface area contributed by atoms with E-state index in [9.17, 15) is 4.79 Å². The molecule has 1 N–H and O–H groups in total. The summed E-state index contributed by atoms with van der Waals surface area (Å²) in [6.07, 6.45) is 2.78. The van der Waals surface area contributed by atoms with E-state index in [0.29, 0.717) is 12.6 Å². The van der Waals surface area contributed by atoms with Crippen LogP contribution in [0, 0.1) is 0 Å². The molecule has 1 amide bonds. The zero-order valence-electron chi connectivity index (χ0n) is 15.0. The van der Waals surface area contributed by atoms with Crippen LogP contribution in [-0.4, -0.2) is 97.7 Å². The predicted molar refractivity (Wildman–Crippen MR) is 94.1 cm³/mol. The van der Waals surface area contributed by atoms with Crippen LogP contribution in [0.5, 0.6) is 0 Å². The van der Waals surface area contributed by atoms with Crippen LogP contribution in [0.15, 0.2) is 4.99 Å². The van der Waals surface area contributed by atoms with E-state index < -0.39 is 0 Å². The number of hydrogen-bond acceptors (Lipinski definition) is 4. The fourth-order valence-corrected chi connectivity index (χ4v) is 3.84. The van der Waals surface area contributed by atoms with Crippen LogP contribution in [0.25, 0.3) is 0 Å². The molecule has 2 unspecified atom stereocenters. The third kappa shape index (κ3) is 4.19. The van der Waals surface area contributed by atoms with Gasteiger partial charge in [-0.2, -0.15) is 0 Å². The van der Waals surface area contributed by atoms with E-state index in [1.807, 2.05) is 4.90 Å². The molecular formula is C17H31N5O2. The number of fused-ring (bicyclic) bond motifs is 1. The molecule has 0 aromatic rings. The SMILES string of the molecule is CCNC(=NCC1CN2CCCC2CO1)N1CCN(C(C)=O)CC1. The molecule has 24 heavy (non-hydrogen) atoms. The van der Waals surface area contributed by atoms with Crippen LogP contribution >= 0.6 is 0 Å². The van der Waals surface area contributed by atoms with Crippen molar-refractivity contribution in [3.63, 3.8) is 0 Å². The van der Waals surface area contributed by atoms with Gasteiger partial charge in [0.15, 0.2) is 5.96 Å². The molecule has 3 fully saturated rings. The maximum absolute atomic E-state index is 11.5. The molecule has 2 atom stereocenters. The molecule has 7 heteroatoms. The van der Waals surface area contributed by atoms with Gasteiger partial charge in [0.2, 0.25) is 5.91 Å². The molecule has 0 bridgehead atoms. The Kier molecular flexibility index (Phi) is 5.94. The number of amides is 1. The molecule has 3 aliphatic rings. The van der Waals surface area contributed by atoms with Gasteiger partial charge in [-0.05, 0) is 26.3 Å². The van der Waals surface area contributed by atoms with Crippen molar-refractivity contribution in [3.05, 3.63) is 0 Å². The molecule has 0 saturated carbocycles. The lowest BCUT2D eigenvalue weighted by molar-refractivity contribution is -0.130. The summed E-state index contributed by atoms with van der Waals surface area (Å²) in [6.45, 7) is 11.6. The highest BCUT2D eigenvalue weighted by atomic mass is 16.5. The number of nitrogens with one attached hydrogen (secondary N) is 1. The molecule has 3 aliphatic heterocycles. The molecule has 7 nitrogen and oxygen atoms in total. The molecule has 0 aliphatic carbocycles. The Morgan fingerprint density at radius 1 is 1.21 bits per heavy atom. The number of carbonyl (C=O) groups excluding carboxylic acids is 1. The predicted octanol–water partition coefficient (Wildman–Crippen LogP) is -0.0208. The van der Waals surface area contributed by atoms with Gasteiger partial charge in [0, 0.05) is 52.2 Å². The third-order valence-corrected chi connectivity index (χ3v) is 5.27. The van der Waals surface area contributed by atoms with Crippen LogP contribution < -0.4 is 5.32 Å². The minimum Gasteiger partial charge on any atom is -0.373 e. The van der Waals surface area contributed by atoms with Gasteiger partial charge in [0.1, 0.15) is 0 Å². The summed E-state index contributed by atoms with van der Waals surface area (Å²) in [5, 5.41) is 3.39. The smallest absolute Gasteiger partial charge is 0.219 e. The lowest BCUT2D eigenvalue weighted by Gasteiger charge is -2.37. The average Bonchev–Trinajstić information content (AvgIpc) is 3.06. The number of piperazine rings is 1. The summed E-state index contributed by atoms with van der Waals surface area (Å²) in [7, 11) is 0. The average molecular weight is 337 g/mol. The summed E-state index contributed by atoms with van der Waals surface area (Å²) < 4.78 is 6.01. The van der Waals surface area contributed by atoms with Crippen molar-refractivity contribution in [1.82, 2.24) is 20.0 Å². The van der Waals surface area contributed by atoms with Gasteiger partial charge in [-0.25, -0.2) is 0 Å². The first-order valence-corrected chi connectivity index (χ1v) is 9.31. The minimum absolute atomic E-state index is 0.160. The van der Waals surface area contributed by atoms with Gasteiger partial charge >= 0.3 is 0 Å². The number of rotatable bonds is 3. The Morgan fingerprint density at radius 2 is 1.96 bits per heavy atom.